The monoisotopic (exact) mass is 780 g/mol. The van der Waals surface area contributed by atoms with Crippen LogP contribution in [0.25, 0.3) is 11.1 Å². The van der Waals surface area contributed by atoms with Gasteiger partial charge in [0.05, 0.1) is 29.9 Å². The van der Waals surface area contributed by atoms with Crippen LogP contribution in [0.4, 0.5) is 0 Å². The molecule has 2 fully saturated rings. The molecule has 3 aromatic carbocycles. The van der Waals surface area contributed by atoms with Crippen molar-refractivity contribution in [3.63, 3.8) is 0 Å². The molecule has 2 saturated heterocycles. The summed E-state index contributed by atoms with van der Waals surface area (Å²) >= 11 is 6.88. The number of carboxylic acid groups (broad SMARTS) is 1. The second-order valence-corrected chi connectivity index (χ2v) is 15.2. The molecule has 0 amide bonds. The highest BCUT2D eigenvalue weighted by atomic mass is 35.5. The number of likely N-dealkylation sites (tertiary alicyclic amines) is 1. The van der Waals surface area contributed by atoms with E-state index >= 15 is 0 Å². The normalized spacial score (nSPS) is 17.6. The Morgan fingerprint density at radius 1 is 0.964 bits per heavy atom. The summed E-state index contributed by atoms with van der Waals surface area (Å²) < 4.78 is 25.0. The van der Waals surface area contributed by atoms with Crippen LogP contribution in [0.5, 0.6) is 17.2 Å². The molecule has 0 saturated carbocycles. The Labute approximate surface area is 335 Å². The average Bonchev–Trinajstić information content (AvgIpc) is 3.20. The number of hydrogen-bond acceptors (Lipinski definition) is 9. The number of morpholine rings is 1. The minimum atomic E-state index is -0.829. The Kier molecular flexibility index (Phi) is 14.6. The lowest BCUT2D eigenvalue weighted by atomic mass is 9.93. The predicted octanol–water partition coefficient (Wildman–Crippen LogP) is 8.76. The van der Waals surface area contributed by atoms with Gasteiger partial charge in [-0.25, -0.2) is 0 Å². The largest absolute Gasteiger partial charge is 0.493 e. The van der Waals surface area contributed by atoms with E-state index < -0.39 is 12.0 Å². The minimum absolute atomic E-state index is 0.162. The van der Waals surface area contributed by atoms with Crippen LogP contribution in [0, 0.1) is 25.2 Å². The number of piperidine rings is 1. The molecule has 296 valence electrons. The molecule has 0 spiro atoms. The molecule has 0 radical (unpaired) electrons. The van der Waals surface area contributed by atoms with E-state index in [1.807, 2.05) is 23.1 Å². The van der Waals surface area contributed by atoms with Crippen molar-refractivity contribution in [3.8, 4) is 34.4 Å². The molecule has 1 aromatic heterocycles. The summed E-state index contributed by atoms with van der Waals surface area (Å²) in [6, 6.07) is 19.3. The molecule has 4 aromatic rings. The highest BCUT2D eigenvalue weighted by molar-refractivity contribution is 6.32. The van der Waals surface area contributed by atoms with E-state index in [2.05, 4.69) is 61.0 Å². The smallest absolute Gasteiger partial charge is 0.320 e. The second-order valence-electron chi connectivity index (χ2n) is 14.8. The van der Waals surface area contributed by atoms with Crippen LogP contribution in [0.15, 0.2) is 67.0 Å². The molecule has 2 atom stereocenters. The number of carboxylic acids is 1. The van der Waals surface area contributed by atoms with Gasteiger partial charge in [0.2, 0.25) is 0 Å². The van der Waals surface area contributed by atoms with Gasteiger partial charge in [0.15, 0.2) is 0 Å². The summed E-state index contributed by atoms with van der Waals surface area (Å²) in [5.41, 5.74) is 7.37. The van der Waals surface area contributed by atoms with Gasteiger partial charge in [-0.05, 0) is 92.1 Å². The zero-order chi connectivity index (χ0) is 39.4. The molecule has 1 unspecified atom stereocenters. The maximum atomic E-state index is 12.1. The van der Waals surface area contributed by atoms with Crippen LogP contribution in [0.1, 0.15) is 78.8 Å². The number of carbonyl (C=O) groups is 1. The number of nitriles is 1. The number of pyridine rings is 1. The van der Waals surface area contributed by atoms with Crippen molar-refractivity contribution in [2.24, 2.45) is 0 Å². The van der Waals surface area contributed by atoms with Crippen LogP contribution in [0.2, 0.25) is 5.02 Å². The number of halogens is 1. The highest BCUT2D eigenvalue weighted by Crippen LogP contribution is 2.37. The lowest BCUT2D eigenvalue weighted by molar-refractivity contribution is -0.144. The predicted molar refractivity (Wildman–Crippen MR) is 217 cm³/mol. The van der Waals surface area contributed by atoms with Gasteiger partial charge >= 0.3 is 5.97 Å². The lowest BCUT2D eigenvalue weighted by Gasteiger charge is -2.33. The molecule has 10 nitrogen and oxygen atoms in total. The quantitative estimate of drug-likeness (QED) is 0.104. The molecule has 0 bridgehead atoms. The molecule has 2 aliphatic heterocycles. The zero-order valence-electron chi connectivity index (χ0n) is 32.8. The van der Waals surface area contributed by atoms with Crippen molar-refractivity contribution < 1.29 is 28.8 Å². The van der Waals surface area contributed by atoms with Crippen molar-refractivity contribution >= 4 is 17.6 Å². The topological polar surface area (TPSA) is 117 Å². The fourth-order valence-corrected chi connectivity index (χ4v) is 7.95. The first kappa shape index (κ1) is 41.0. The Hall–Kier alpha value is -4.66. The third kappa shape index (κ3) is 10.6. The number of rotatable bonds is 17. The van der Waals surface area contributed by atoms with E-state index in [0.717, 1.165) is 103 Å². The fourth-order valence-electron chi connectivity index (χ4n) is 7.71. The molecular weight excluding hydrogens is 728 g/mol. The van der Waals surface area contributed by atoms with Gasteiger partial charge in [0.25, 0.3) is 0 Å². The SMILES string of the molecule is CCCC1CN(CCCOc2cccc(-c3cccc(COc4cc(OCc5cncc(C#N)c5)c(CN5CCCC[C@H]5C(=O)O)cc4Cl)c3C)c2C)CCO1. The average molecular weight is 781 g/mol. The molecule has 3 heterocycles. The first-order valence-electron chi connectivity index (χ1n) is 19.8. The van der Waals surface area contributed by atoms with Crippen molar-refractivity contribution in [2.45, 2.75) is 91.2 Å². The summed E-state index contributed by atoms with van der Waals surface area (Å²) in [6.07, 6.45) is 9.11. The summed E-state index contributed by atoms with van der Waals surface area (Å²) in [4.78, 5) is 20.7. The fraction of sp³-hybridized carbons (Fsp3) is 0.444. The molecule has 6 rings (SSSR count). The summed E-state index contributed by atoms with van der Waals surface area (Å²) in [5.74, 6) is 1.05. The Morgan fingerprint density at radius 3 is 2.57 bits per heavy atom. The van der Waals surface area contributed by atoms with E-state index in [0.29, 0.717) is 54.3 Å². The maximum absolute atomic E-state index is 12.1. The van der Waals surface area contributed by atoms with Gasteiger partial charge in [-0.2, -0.15) is 5.26 Å². The van der Waals surface area contributed by atoms with E-state index in [1.54, 1.807) is 18.3 Å². The summed E-state index contributed by atoms with van der Waals surface area (Å²) in [5, 5.41) is 19.7. The van der Waals surface area contributed by atoms with Gasteiger partial charge in [-0.15, -0.1) is 0 Å². The minimum Gasteiger partial charge on any atom is -0.493 e. The summed E-state index contributed by atoms with van der Waals surface area (Å²) in [6.45, 7) is 12.3. The maximum Gasteiger partial charge on any atom is 0.320 e. The van der Waals surface area contributed by atoms with Gasteiger partial charge in [-0.3, -0.25) is 19.6 Å². The Morgan fingerprint density at radius 2 is 1.77 bits per heavy atom. The number of aliphatic carboxylic acids is 1. The van der Waals surface area contributed by atoms with Crippen molar-refractivity contribution in [2.75, 3.05) is 39.4 Å². The molecule has 56 heavy (non-hydrogen) atoms. The van der Waals surface area contributed by atoms with Crippen LogP contribution in [0.3, 0.4) is 0 Å². The van der Waals surface area contributed by atoms with Gasteiger partial charge < -0.3 is 24.1 Å². The van der Waals surface area contributed by atoms with Crippen LogP contribution < -0.4 is 14.2 Å². The molecular formula is C45H53ClN4O6. The summed E-state index contributed by atoms with van der Waals surface area (Å²) in [7, 11) is 0. The second kappa shape index (κ2) is 20.0. The molecule has 1 N–H and O–H groups in total. The molecule has 11 heteroatoms. The zero-order valence-corrected chi connectivity index (χ0v) is 33.5. The Balaban J connectivity index is 1.15. The third-order valence-electron chi connectivity index (χ3n) is 10.8. The number of nitrogens with zero attached hydrogens (tertiary/aromatic N) is 4. The van der Waals surface area contributed by atoms with Gasteiger partial charge in [-0.1, -0.05) is 61.7 Å². The molecule has 0 aliphatic carbocycles. The van der Waals surface area contributed by atoms with E-state index in [1.165, 1.54) is 6.20 Å². The highest BCUT2D eigenvalue weighted by Gasteiger charge is 2.29. The van der Waals surface area contributed by atoms with Crippen molar-refractivity contribution in [3.05, 3.63) is 105 Å². The van der Waals surface area contributed by atoms with E-state index in [4.69, 9.17) is 30.5 Å². The van der Waals surface area contributed by atoms with Crippen molar-refractivity contribution in [1.29, 1.82) is 5.26 Å². The number of benzene rings is 3. The van der Waals surface area contributed by atoms with Crippen LogP contribution in [-0.2, 0) is 29.3 Å². The van der Waals surface area contributed by atoms with Gasteiger partial charge in [0.1, 0.15) is 42.6 Å². The first-order valence-corrected chi connectivity index (χ1v) is 20.2. The van der Waals surface area contributed by atoms with Gasteiger partial charge in [0, 0.05) is 55.8 Å². The van der Waals surface area contributed by atoms with Crippen LogP contribution in [-0.4, -0.2) is 77.4 Å². The van der Waals surface area contributed by atoms with E-state index in [-0.39, 0.29) is 13.2 Å². The standard InChI is InChI=1S/C45H53ClN4O6/c1-4-10-37-28-49(18-20-53-37)16-9-19-54-42-15-8-13-39(32(42)3)38-12-7-11-35(31(38)2)30-56-44-23-43(55-29-34-21-33(24-47)25-48-26-34)36(22-40(44)46)27-50-17-6-5-14-41(50)45(51)52/h7-8,11-13,15,21-23,25-26,37,41H,4-6,9-10,14,16-20,27-30H2,1-3H3,(H,51,52)/t37?,41-/m0/s1. The third-order valence-corrected chi connectivity index (χ3v) is 11.1. The number of ether oxygens (including phenoxy) is 4. The lowest BCUT2D eigenvalue weighted by Crippen LogP contribution is -2.44. The Bertz CT molecular complexity index is 2000. The first-order chi connectivity index (χ1) is 27.2. The molecule has 2 aliphatic rings. The van der Waals surface area contributed by atoms with Crippen LogP contribution >= 0.6 is 11.6 Å². The van der Waals surface area contributed by atoms with E-state index in [9.17, 15) is 15.2 Å². The number of aromatic nitrogens is 1. The number of hydrogen-bond donors (Lipinski definition) is 1. The van der Waals surface area contributed by atoms with Crippen molar-refractivity contribution in [1.82, 2.24) is 14.8 Å².